The number of cyclic esters (lactones) is 1. The number of hydrogen-bond acceptors (Lipinski definition) is 7. The van der Waals surface area contributed by atoms with Gasteiger partial charge >= 0.3 is 5.97 Å². The number of ether oxygens (including phenoxy) is 1. The summed E-state index contributed by atoms with van der Waals surface area (Å²) in [4.78, 5) is 25.6. The number of ketones is 1. The van der Waals surface area contributed by atoms with Crippen LogP contribution in [0, 0.1) is 34.5 Å². The van der Waals surface area contributed by atoms with E-state index in [1.165, 1.54) is 0 Å². The minimum Gasteiger partial charge on any atom is -0.456 e. The largest absolute Gasteiger partial charge is 0.456 e. The van der Waals surface area contributed by atoms with Gasteiger partial charge in [0.15, 0.2) is 5.78 Å². The van der Waals surface area contributed by atoms with Gasteiger partial charge in [0, 0.05) is 24.0 Å². The fourth-order valence-electron chi connectivity index (χ4n) is 9.12. The molecule has 7 heteroatoms. The summed E-state index contributed by atoms with van der Waals surface area (Å²) in [5.41, 5.74) is -2.99. The first-order valence-corrected chi connectivity index (χ1v) is 13.2. The van der Waals surface area contributed by atoms with Gasteiger partial charge in [-0.25, -0.2) is 4.79 Å². The van der Waals surface area contributed by atoms with Crippen LogP contribution in [-0.4, -0.2) is 62.2 Å². The third-order valence-corrected chi connectivity index (χ3v) is 11.4. The Bertz CT molecular complexity index is 997. The Balaban J connectivity index is 1.49. The van der Waals surface area contributed by atoms with Crippen molar-refractivity contribution >= 4 is 11.8 Å². The van der Waals surface area contributed by atoms with Gasteiger partial charge in [0.2, 0.25) is 0 Å². The average molecular weight is 489 g/mol. The van der Waals surface area contributed by atoms with Gasteiger partial charge in [-0.3, -0.25) is 4.79 Å². The van der Waals surface area contributed by atoms with E-state index in [1.54, 1.807) is 26.0 Å². The van der Waals surface area contributed by atoms with Crippen molar-refractivity contribution in [3.8, 4) is 0 Å². The maximum Gasteiger partial charge on any atom is 0.334 e. The van der Waals surface area contributed by atoms with E-state index in [9.17, 15) is 30.0 Å². The van der Waals surface area contributed by atoms with Crippen LogP contribution in [0.15, 0.2) is 23.3 Å². The third kappa shape index (κ3) is 3.11. The molecule has 0 aromatic carbocycles. The first kappa shape index (κ1) is 25.1. The van der Waals surface area contributed by atoms with Crippen LogP contribution in [0.1, 0.15) is 72.6 Å². The number of allylic oxidation sites excluding steroid dienone is 1. The molecule has 3 fully saturated rings. The molecule has 194 valence electrons. The number of aliphatic hydroxyl groups excluding tert-OH is 2. The van der Waals surface area contributed by atoms with Gasteiger partial charge in [0.05, 0.1) is 11.5 Å². The van der Waals surface area contributed by atoms with Crippen LogP contribution in [0.2, 0.25) is 0 Å². The molecule has 35 heavy (non-hydrogen) atoms. The summed E-state index contributed by atoms with van der Waals surface area (Å²) in [5.74, 6) is -0.989. The highest BCUT2D eigenvalue weighted by Gasteiger charge is 2.70. The summed E-state index contributed by atoms with van der Waals surface area (Å²) >= 11 is 0. The van der Waals surface area contributed by atoms with Gasteiger partial charge in [-0.1, -0.05) is 11.6 Å². The molecule has 1 aliphatic heterocycles. The molecule has 0 saturated heterocycles. The highest BCUT2D eigenvalue weighted by molar-refractivity contribution is 5.97. The summed E-state index contributed by atoms with van der Waals surface area (Å²) in [6.45, 7) is 7.07. The minimum absolute atomic E-state index is 0.00452. The van der Waals surface area contributed by atoms with Crippen LogP contribution >= 0.6 is 0 Å². The Morgan fingerprint density at radius 1 is 1.17 bits per heavy atom. The number of carbonyl (C=O) groups is 2. The molecule has 4 aliphatic carbocycles. The second kappa shape index (κ2) is 7.98. The fourth-order valence-corrected chi connectivity index (χ4v) is 9.12. The molecular formula is C28H40O7. The van der Waals surface area contributed by atoms with Gasteiger partial charge < -0.3 is 25.2 Å². The first-order valence-electron chi connectivity index (χ1n) is 13.2. The van der Waals surface area contributed by atoms with Crippen LogP contribution in [0.4, 0.5) is 0 Å². The Morgan fingerprint density at radius 3 is 2.54 bits per heavy atom. The quantitative estimate of drug-likeness (QED) is 0.450. The van der Waals surface area contributed by atoms with E-state index in [-0.39, 0.29) is 42.5 Å². The molecule has 0 aromatic heterocycles. The average Bonchev–Trinajstić information content (AvgIpc) is 3.21. The second-order valence-electron chi connectivity index (χ2n) is 12.5. The van der Waals surface area contributed by atoms with Crippen molar-refractivity contribution in [2.45, 2.75) is 96.1 Å². The molecule has 0 spiro atoms. The third-order valence-electron chi connectivity index (χ3n) is 11.4. The lowest BCUT2D eigenvalue weighted by Crippen LogP contribution is -2.70. The zero-order valence-corrected chi connectivity index (χ0v) is 21.3. The van der Waals surface area contributed by atoms with Crippen LogP contribution in [0.3, 0.4) is 0 Å². The molecule has 5 rings (SSSR count). The van der Waals surface area contributed by atoms with E-state index >= 15 is 0 Å². The molecule has 7 nitrogen and oxygen atoms in total. The molecule has 0 bridgehead atoms. The van der Waals surface area contributed by atoms with Crippen molar-refractivity contribution in [2.24, 2.45) is 34.5 Å². The van der Waals surface area contributed by atoms with Gasteiger partial charge in [0.1, 0.15) is 17.3 Å². The topological polar surface area (TPSA) is 124 Å². The summed E-state index contributed by atoms with van der Waals surface area (Å²) in [6, 6.07) is 0. The maximum absolute atomic E-state index is 13.2. The molecule has 5 aliphatic rings. The maximum atomic E-state index is 13.2. The molecule has 10 atom stereocenters. The Kier molecular flexibility index (Phi) is 5.73. The number of hydrogen-bond donors (Lipinski definition) is 4. The van der Waals surface area contributed by atoms with Crippen molar-refractivity contribution in [3.63, 3.8) is 0 Å². The van der Waals surface area contributed by atoms with Crippen molar-refractivity contribution in [1.29, 1.82) is 0 Å². The van der Waals surface area contributed by atoms with Gasteiger partial charge in [-0.05, 0) is 96.0 Å². The Hall–Kier alpha value is -1.54. The molecule has 0 radical (unpaired) electrons. The van der Waals surface area contributed by atoms with E-state index in [0.717, 1.165) is 12.0 Å². The fraction of sp³-hybridized carbons (Fsp3) is 0.786. The van der Waals surface area contributed by atoms with Gasteiger partial charge in [0.25, 0.3) is 0 Å². The van der Waals surface area contributed by atoms with Crippen LogP contribution in [0.5, 0.6) is 0 Å². The van der Waals surface area contributed by atoms with Crippen LogP contribution in [0.25, 0.3) is 0 Å². The SMILES string of the molecule is CC1=C(C)C(=O)O[C@@H]([C@](C)(O)[C@H]2CC[C@H]3[C@@H]4C[C@@H](O)[C@@]5(O)CC=CC(=O)[C@]5(C)[C@H]4CC[C@]23CO)C1. The number of rotatable bonds is 3. The standard InChI is InChI=1S/C28H40O7/c1-15-12-23(35-24(32)16(15)2)26(4,33)20-8-7-19-17-13-22(31)28(34)10-5-6-21(30)25(28,3)18(17)9-11-27(19,20)14-29/h5-6,17-20,22-23,29,31,33-34H,7-14H2,1-4H3/t17-,18+,19+,20-,22-,23-,25+,26-,27-,28+/m1/s1. The summed E-state index contributed by atoms with van der Waals surface area (Å²) in [7, 11) is 0. The van der Waals surface area contributed by atoms with E-state index in [2.05, 4.69) is 0 Å². The van der Waals surface area contributed by atoms with E-state index in [0.29, 0.717) is 37.7 Å². The number of carbonyl (C=O) groups excluding carboxylic acids is 2. The molecule has 0 unspecified atom stereocenters. The van der Waals surface area contributed by atoms with Crippen LogP contribution in [-0.2, 0) is 14.3 Å². The number of fused-ring (bicyclic) bond motifs is 5. The molecule has 3 saturated carbocycles. The van der Waals surface area contributed by atoms with Crippen molar-refractivity contribution in [1.82, 2.24) is 0 Å². The predicted molar refractivity (Wildman–Crippen MR) is 128 cm³/mol. The molecule has 1 heterocycles. The number of esters is 1. The number of aliphatic hydroxyl groups is 4. The van der Waals surface area contributed by atoms with Gasteiger partial charge in [-0.15, -0.1) is 0 Å². The van der Waals surface area contributed by atoms with E-state index < -0.39 is 40.2 Å². The monoisotopic (exact) mass is 488 g/mol. The molecule has 4 N–H and O–H groups in total. The summed E-state index contributed by atoms with van der Waals surface area (Å²) in [5, 5.41) is 45.5. The normalized spacial score (nSPS) is 49.1. The lowest BCUT2D eigenvalue weighted by atomic mass is 9.42. The second-order valence-corrected chi connectivity index (χ2v) is 12.5. The predicted octanol–water partition coefficient (Wildman–Crippen LogP) is 2.45. The lowest BCUT2D eigenvalue weighted by molar-refractivity contribution is -0.240. The minimum atomic E-state index is -1.49. The summed E-state index contributed by atoms with van der Waals surface area (Å²) in [6.07, 6.45) is 5.25. The molecular weight excluding hydrogens is 448 g/mol. The first-order chi connectivity index (χ1) is 16.3. The van der Waals surface area contributed by atoms with Crippen molar-refractivity contribution in [2.75, 3.05) is 6.61 Å². The molecule has 0 aromatic rings. The zero-order valence-electron chi connectivity index (χ0n) is 21.3. The Morgan fingerprint density at radius 2 is 1.89 bits per heavy atom. The van der Waals surface area contributed by atoms with E-state index in [1.807, 2.05) is 13.8 Å². The Labute approximate surface area is 207 Å². The summed E-state index contributed by atoms with van der Waals surface area (Å²) < 4.78 is 5.70. The highest BCUT2D eigenvalue weighted by atomic mass is 16.6. The zero-order chi connectivity index (χ0) is 25.6. The highest BCUT2D eigenvalue weighted by Crippen LogP contribution is 2.68. The van der Waals surface area contributed by atoms with Gasteiger partial charge in [-0.2, -0.15) is 0 Å². The van der Waals surface area contributed by atoms with E-state index in [4.69, 9.17) is 4.74 Å². The lowest BCUT2D eigenvalue weighted by Gasteiger charge is -2.63. The molecule has 0 amide bonds. The van der Waals surface area contributed by atoms with Crippen molar-refractivity contribution < 1.29 is 34.8 Å². The smallest absolute Gasteiger partial charge is 0.334 e. The van der Waals surface area contributed by atoms with Crippen LogP contribution < -0.4 is 0 Å². The van der Waals surface area contributed by atoms with Crippen molar-refractivity contribution in [3.05, 3.63) is 23.3 Å².